The van der Waals surface area contributed by atoms with Gasteiger partial charge in [-0.15, -0.1) is 0 Å². The Morgan fingerprint density at radius 1 is 1.50 bits per heavy atom. The Balaban J connectivity index is 3.83. The first kappa shape index (κ1) is 11.2. The van der Waals surface area contributed by atoms with Gasteiger partial charge in [0.2, 0.25) is 0 Å². The van der Waals surface area contributed by atoms with E-state index >= 15 is 0 Å². The van der Waals surface area contributed by atoms with E-state index in [-0.39, 0.29) is 11.4 Å². The molecule has 2 amide bonds. The monoisotopic (exact) mass is 173 g/mol. The van der Waals surface area contributed by atoms with E-state index in [4.69, 9.17) is 5.84 Å². The van der Waals surface area contributed by atoms with Gasteiger partial charge in [-0.05, 0) is 11.3 Å². The molecule has 0 aromatic carbocycles. The first-order valence-electron chi connectivity index (χ1n) is 4.14. The summed E-state index contributed by atoms with van der Waals surface area (Å²) in [5, 5.41) is 2.68. The van der Waals surface area contributed by atoms with Crippen LogP contribution in [0, 0.1) is 11.3 Å². The highest BCUT2D eigenvalue weighted by Gasteiger charge is 2.22. The molecule has 4 N–H and O–H groups in total. The zero-order valence-corrected chi connectivity index (χ0v) is 8.27. The lowest BCUT2D eigenvalue weighted by atomic mass is 9.81. The third-order valence-corrected chi connectivity index (χ3v) is 2.40. The van der Waals surface area contributed by atoms with Gasteiger partial charge in [0.25, 0.3) is 0 Å². The van der Waals surface area contributed by atoms with E-state index in [0.717, 1.165) is 0 Å². The van der Waals surface area contributed by atoms with Crippen molar-refractivity contribution in [3.05, 3.63) is 0 Å². The van der Waals surface area contributed by atoms with Gasteiger partial charge in [0, 0.05) is 6.54 Å². The maximum absolute atomic E-state index is 10.7. The SMILES string of the molecule is CC(C)C(C)(C)CNC(=O)NN. The number of carbonyl (C=O) groups is 1. The van der Waals surface area contributed by atoms with Crippen molar-refractivity contribution in [3.8, 4) is 0 Å². The maximum atomic E-state index is 10.7. The van der Waals surface area contributed by atoms with Crippen LogP contribution in [0.15, 0.2) is 0 Å². The molecule has 0 fully saturated rings. The molecule has 0 aliphatic heterocycles. The molecule has 0 spiro atoms. The number of nitrogens with one attached hydrogen (secondary N) is 2. The van der Waals surface area contributed by atoms with Crippen molar-refractivity contribution in [2.45, 2.75) is 27.7 Å². The number of rotatable bonds is 3. The molecule has 0 saturated carbocycles. The van der Waals surface area contributed by atoms with Gasteiger partial charge in [-0.25, -0.2) is 10.6 Å². The van der Waals surface area contributed by atoms with Crippen LogP contribution in [0.3, 0.4) is 0 Å². The number of nitrogens with two attached hydrogens (primary N) is 1. The minimum Gasteiger partial charge on any atom is -0.337 e. The van der Waals surface area contributed by atoms with Gasteiger partial charge in [-0.3, -0.25) is 5.43 Å². The minimum atomic E-state index is -0.330. The summed E-state index contributed by atoms with van der Waals surface area (Å²) in [5.41, 5.74) is 2.13. The lowest BCUT2D eigenvalue weighted by molar-refractivity contribution is 0.216. The van der Waals surface area contributed by atoms with Crippen LogP contribution in [0.4, 0.5) is 4.79 Å². The molecule has 0 aliphatic carbocycles. The molecule has 12 heavy (non-hydrogen) atoms. The van der Waals surface area contributed by atoms with Gasteiger partial charge in [0.1, 0.15) is 0 Å². The average Bonchev–Trinajstić information content (AvgIpc) is 2.00. The molecular weight excluding hydrogens is 154 g/mol. The first-order chi connectivity index (χ1) is 5.40. The molecule has 0 heterocycles. The van der Waals surface area contributed by atoms with Crippen LogP contribution in [0.1, 0.15) is 27.7 Å². The van der Waals surface area contributed by atoms with Crippen LogP contribution in [-0.2, 0) is 0 Å². The minimum absolute atomic E-state index is 0.104. The Kier molecular flexibility index (Phi) is 4.03. The van der Waals surface area contributed by atoms with E-state index in [1.807, 2.05) is 5.43 Å². The van der Waals surface area contributed by atoms with Crippen molar-refractivity contribution in [1.29, 1.82) is 0 Å². The highest BCUT2D eigenvalue weighted by molar-refractivity contribution is 5.73. The zero-order valence-electron chi connectivity index (χ0n) is 8.27. The molecule has 0 aliphatic rings. The Morgan fingerprint density at radius 2 is 2.00 bits per heavy atom. The molecule has 4 heteroatoms. The smallest absolute Gasteiger partial charge is 0.328 e. The van der Waals surface area contributed by atoms with Gasteiger partial charge in [0.05, 0.1) is 0 Å². The van der Waals surface area contributed by atoms with Gasteiger partial charge < -0.3 is 5.32 Å². The van der Waals surface area contributed by atoms with Gasteiger partial charge in [0.15, 0.2) is 0 Å². The average molecular weight is 173 g/mol. The largest absolute Gasteiger partial charge is 0.337 e. The summed E-state index contributed by atoms with van der Waals surface area (Å²) in [4.78, 5) is 10.7. The normalized spacial score (nSPS) is 11.5. The fourth-order valence-electron chi connectivity index (χ4n) is 0.563. The summed E-state index contributed by atoms with van der Waals surface area (Å²) < 4.78 is 0. The van der Waals surface area contributed by atoms with Gasteiger partial charge >= 0.3 is 6.03 Å². The van der Waals surface area contributed by atoms with Crippen molar-refractivity contribution in [2.75, 3.05) is 6.54 Å². The standard InChI is InChI=1S/C8H19N3O/c1-6(2)8(3,4)5-10-7(12)11-9/h6H,5,9H2,1-4H3,(H2,10,11,12). The van der Waals surface area contributed by atoms with E-state index in [0.29, 0.717) is 12.5 Å². The molecule has 0 radical (unpaired) electrons. The third kappa shape index (κ3) is 3.57. The second kappa shape index (κ2) is 4.30. The lowest BCUT2D eigenvalue weighted by Gasteiger charge is -2.29. The van der Waals surface area contributed by atoms with Crippen molar-refractivity contribution < 1.29 is 4.79 Å². The Bertz CT molecular complexity index is 154. The van der Waals surface area contributed by atoms with E-state index in [1.165, 1.54) is 0 Å². The summed E-state index contributed by atoms with van der Waals surface area (Å²) in [6.45, 7) is 9.10. The molecule has 0 aromatic heterocycles. The molecular formula is C8H19N3O. The second-order valence-electron chi connectivity index (χ2n) is 3.97. The lowest BCUT2D eigenvalue weighted by Crippen LogP contribution is -2.44. The Labute approximate surface area is 73.9 Å². The fourth-order valence-corrected chi connectivity index (χ4v) is 0.563. The molecule has 0 rings (SSSR count). The van der Waals surface area contributed by atoms with Crippen LogP contribution >= 0.6 is 0 Å². The Morgan fingerprint density at radius 3 is 2.33 bits per heavy atom. The number of urea groups is 1. The predicted molar refractivity (Wildman–Crippen MR) is 49.3 cm³/mol. The number of hydrogen-bond acceptors (Lipinski definition) is 2. The topological polar surface area (TPSA) is 67.2 Å². The summed E-state index contributed by atoms with van der Waals surface area (Å²) in [6, 6.07) is -0.330. The predicted octanol–water partition coefficient (Wildman–Crippen LogP) is 0.842. The summed E-state index contributed by atoms with van der Waals surface area (Å²) in [7, 11) is 0. The van der Waals surface area contributed by atoms with E-state index in [1.54, 1.807) is 0 Å². The van der Waals surface area contributed by atoms with Crippen LogP contribution in [0.2, 0.25) is 0 Å². The number of amides is 2. The van der Waals surface area contributed by atoms with Crippen LogP contribution in [0.25, 0.3) is 0 Å². The van der Waals surface area contributed by atoms with E-state index < -0.39 is 0 Å². The van der Waals surface area contributed by atoms with Crippen LogP contribution in [-0.4, -0.2) is 12.6 Å². The van der Waals surface area contributed by atoms with Crippen molar-refractivity contribution in [1.82, 2.24) is 10.7 Å². The van der Waals surface area contributed by atoms with Crippen LogP contribution in [0.5, 0.6) is 0 Å². The molecule has 0 bridgehead atoms. The first-order valence-corrected chi connectivity index (χ1v) is 4.14. The molecule has 0 atom stereocenters. The van der Waals surface area contributed by atoms with Crippen molar-refractivity contribution >= 4 is 6.03 Å². The van der Waals surface area contributed by atoms with Gasteiger partial charge in [-0.1, -0.05) is 27.7 Å². The molecule has 4 nitrogen and oxygen atoms in total. The quantitative estimate of drug-likeness (QED) is 0.336. The summed E-state index contributed by atoms with van der Waals surface area (Å²) in [5.74, 6) is 5.44. The Hall–Kier alpha value is -0.770. The fraction of sp³-hybridized carbons (Fsp3) is 0.875. The molecule has 0 unspecified atom stereocenters. The van der Waals surface area contributed by atoms with Crippen molar-refractivity contribution in [2.24, 2.45) is 17.2 Å². The maximum Gasteiger partial charge on any atom is 0.328 e. The zero-order chi connectivity index (χ0) is 9.78. The van der Waals surface area contributed by atoms with Crippen molar-refractivity contribution in [3.63, 3.8) is 0 Å². The van der Waals surface area contributed by atoms with Crippen LogP contribution < -0.4 is 16.6 Å². The highest BCUT2D eigenvalue weighted by Crippen LogP contribution is 2.24. The summed E-state index contributed by atoms with van der Waals surface area (Å²) in [6.07, 6.45) is 0. The third-order valence-electron chi connectivity index (χ3n) is 2.40. The molecule has 0 aromatic rings. The molecule has 0 saturated heterocycles. The number of hydrazine groups is 1. The van der Waals surface area contributed by atoms with E-state index in [9.17, 15) is 4.79 Å². The van der Waals surface area contributed by atoms with Gasteiger partial charge in [-0.2, -0.15) is 0 Å². The second-order valence-corrected chi connectivity index (χ2v) is 3.97. The summed E-state index contributed by atoms with van der Waals surface area (Å²) >= 11 is 0. The number of carbonyl (C=O) groups excluding carboxylic acids is 1. The van der Waals surface area contributed by atoms with E-state index in [2.05, 4.69) is 33.0 Å². The number of hydrogen-bond donors (Lipinski definition) is 3. The molecule has 72 valence electrons. The highest BCUT2D eigenvalue weighted by atomic mass is 16.2.